The largest absolute Gasteiger partial charge is 0.445 e. The lowest BCUT2D eigenvalue weighted by Gasteiger charge is -2.34. The smallest absolute Gasteiger partial charge is 0.408 e. The standard InChI is InChI=1S/C25H33NO7/c1-24(16-28,17-29)13-12-21(30)22(25(2,32)20-10-8-18(14-27)9-11-20)26-23(31)33-15-19-6-4-3-5-7-19/h3-11,22,27-29,32H,12-17H2,1-2H3,(H,26,31)/t22-,25+/m1/s1. The number of hydrogen-bond donors (Lipinski definition) is 5. The summed E-state index contributed by atoms with van der Waals surface area (Å²) in [4.78, 5) is 25.7. The third kappa shape index (κ3) is 7.36. The highest BCUT2D eigenvalue weighted by Crippen LogP contribution is 2.29. The molecule has 0 heterocycles. The number of hydrogen-bond acceptors (Lipinski definition) is 7. The lowest BCUT2D eigenvalue weighted by molar-refractivity contribution is -0.128. The molecule has 0 aromatic heterocycles. The van der Waals surface area contributed by atoms with Gasteiger partial charge in [0, 0.05) is 11.8 Å². The second kappa shape index (κ2) is 11.9. The maximum atomic E-state index is 13.1. The lowest BCUT2D eigenvalue weighted by atomic mass is 9.81. The van der Waals surface area contributed by atoms with E-state index in [1.54, 1.807) is 43.3 Å². The fourth-order valence-electron chi connectivity index (χ4n) is 3.31. The molecule has 0 aliphatic carbocycles. The molecule has 0 radical (unpaired) electrons. The van der Waals surface area contributed by atoms with E-state index in [0.29, 0.717) is 11.1 Å². The van der Waals surface area contributed by atoms with E-state index in [9.17, 15) is 30.0 Å². The van der Waals surface area contributed by atoms with Crippen molar-refractivity contribution in [1.82, 2.24) is 5.32 Å². The van der Waals surface area contributed by atoms with Gasteiger partial charge in [-0.15, -0.1) is 0 Å². The maximum Gasteiger partial charge on any atom is 0.408 e. The Balaban J connectivity index is 2.21. The Bertz CT molecular complexity index is 893. The summed E-state index contributed by atoms with van der Waals surface area (Å²) in [6, 6.07) is 14.1. The Morgan fingerprint density at radius 2 is 1.55 bits per heavy atom. The average Bonchev–Trinajstić information content (AvgIpc) is 2.84. The van der Waals surface area contributed by atoms with Crippen molar-refractivity contribution in [2.24, 2.45) is 5.41 Å². The Morgan fingerprint density at radius 3 is 2.09 bits per heavy atom. The van der Waals surface area contributed by atoms with Crippen LogP contribution in [-0.4, -0.2) is 51.6 Å². The molecular weight excluding hydrogens is 426 g/mol. The van der Waals surface area contributed by atoms with Gasteiger partial charge in [-0.1, -0.05) is 61.5 Å². The molecule has 0 saturated carbocycles. The number of ketones is 1. The summed E-state index contributed by atoms with van der Waals surface area (Å²) in [6.45, 7) is 2.25. The van der Waals surface area contributed by atoms with Gasteiger partial charge >= 0.3 is 6.09 Å². The summed E-state index contributed by atoms with van der Waals surface area (Å²) >= 11 is 0. The van der Waals surface area contributed by atoms with E-state index >= 15 is 0 Å². The molecule has 8 nitrogen and oxygen atoms in total. The van der Waals surface area contributed by atoms with Crippen LogP contribution in [0.5, 0.6) is 0 Å². The van der Waals surface area contributed by atoms with Gasteiger partial charge in [-0.3, -0.25) is 4.79 Å². The number of rotatable bonds is 12. The minimum absolute atomic E-state index is 0.00593. The molecule has 0 fully saturated rings. The fourth-order valence-corrected chi connectivity index (χ4v) is 3.31. The lowest BCUT2D eigenvalue weighted by Crippen LogP contribution is -2.54. The van der Waals surface area contributed by atoms with E-state index in [-0.39, 0.29) is 39.3 Å². The van der Waals surface area contributed by atoms with Crippen molar-refractivity contribution < 1.29 is 34.8 Å². The molecule has 0 aliphatic rings. The summed E-state index contributed by atoms with van der Waals surface area (Å²) in [5.74, 6) is -0.476. The van der Waals surface area contributed by atoms with Crippen LogP contribution < -0.4 is 5.32 Å². The van der Waals surface area contributed by atoms with Crippen molar-refractivity contribution in [2.75, 3.05) is 13.2 Å². The van der Waals surface area contributed by atoms with E-state index in [0.717, 1.165) is 5.56 Å². The van der Waals surface area contributed by atoms with Crippen LogP contribution in [0.2, 0.25) is 0 Å². The van der Waals surface area contributed by atoms with E-state index in [1.807, 2.05) is 18.2 Å². The molecule has 1 amide bonds. The average molecular weight is 460 g/mol. The highest BCUT2D eigenvalue weighted by molar-refractivity contribution is 5.89. The van der Waals surface area contributed by atoms with Crippen LogP contribution in [0.15, 0.2) is 54.6 Å². The number of ether oxygens (including phenoxy) is 1. The van der Waals surface area contributed by atoms with Crippen molar-refractivity contribution in [3.63, 3.8) is 0 Å². The monoisotopic (exact) mass is 459 g/mol. The normalized spacial score (nSPS) is 14.2. The molecule has 2 aromatic carbocycles. The van der Waals surface area contributed by atoms with Gasteiger partial charge in [-0.2, -0.15) is 0 Å². The summed E-state index contributed by atoms with van der Waals surface area (Å²) in [5, 5.41) is 42.1. The molecule has 0 aliphatic heterocycles. The predicted octanol–water partition coefficient (Wildman–Crippen LogP) is 2.02. The van der Waals surface area contributed by atoms with E-state index in [2.05, 4.69) is 5.32 Å². The summed E-state index contributed by atoms with van der Waals surface area (Å²) < 4.78 is 5.24. The van der Waals surface area contributed by atoms with Gasteiger partial charge < -0.3 is 30.5 Å². The molecule has 2 aromatic rings. The van der Waals surface area contributed by atoms with Crippen LogP contribution in [0.25, 0.3) is 0 Å². The third-order valence-electron chi connectivity index (χ3n) is 5.82. The second-order valence-electron chi connectivity index (χ2n) is 8.73. The van der Waals surface area contributed by atoms with Crippen LogP contribution in [-0.2, 0) is 28.3 Å². The molecule has 2 atom stereocenters. The number of aliphatic hydroxyl groups is 4. The molecule has 0 bridgehead atoms. The van der Waals surface area contributed by atoms with Crippen molar-refractivity contribution in [2.45, 2.75) is 51.5 Å². The highest BCUT2D eigenvalue weighted by atomic mass is 16.5. The zero-order chi connectivity index (χ0) is 24.5. The number of Topliss-reactive ketones (excluding diaryl/α,β-unsaturated/α-hetero) is 1. The first kappa shape index (κ1) is 26.5. The van der Waals surface area contributed by atoms with Crippen molar-refractivity contribution in [3.05, 3.63) is 71.3 Å². The first-order valence-electron chi connectivity index (χ1n) is 10.8. The molecule has 0 unspecified atom stereocenters. The molecular formula is C25H33NO7. The molecule has 0 spiro atoms. The Morgan fingerprint density at radius 1 is 0.939 bits per heavy atom. The number of carbonyl (C=O) groups excluding carboxylic acids is 2. The number of nitrogens with one attached hydrogen (secondary N) is 1. The van der Waals surface area contributed by atoms with Crippen LogP contribution in [0.4, 0.5) is 4.79 Å². The quantitative estimate of drug-likeness (QED) is 0.328. The first-order valence-corrected chi connectivity index (χ1v) is 10.8. The Kier molecular flexibility index (Phi) is 9.55. The molecule has 5 N–H and O–H groups in total. The molecule has 0 saturated heterocycles. The highest BCUT2D eigenvalue weighted by Gasteiger charge is 2.40. The summed E-state index contributed by atoms with van der Waals surface area (Å²) in [6.07, 6.45) is -0.793. The number of aliphatic hydroxyl groups excluding tert-OH is 3. The summed E-state index contributed by atoms with van der Waals surface area (Å²) in [5.41, 5.74) is -0.889. The van der Waals surface area contributed by atoms with Crippen molar-refractivity contribution in [3.8, 4) is 0 Å². The second-order valence-corrected chi connectivity index (χ2v) is 8.73. The number of carbonyl (C=O) groups is 2. The maximum absolute atomic E-state index is 13.1. The number of amides is 1. The van der Waals surface area contributed by atoms with E-state index in [1.165, 1.54) is 6.92 Å². The SMILES string of the molecule is CC(CO)(CO)CCC(=O)[C@@H](NC(=O)OCc1ccccc1)[C@@](C)(O)c1ccc(CO)cc1. The van der Waals surface area contributed by atoms with Gasteiger partial charge in [0.05, 0.1) is 19.8 Å². The van der Waals surface area contributed by atoms with Crippen molar-refractivity contribution in [1.29, 1.82) is 0 Å². The Labute approximate surface area is 193 Å². The topological polar surface area (TPSA) is 136 Å². The van der Waals surface area contributed by atoms with Gasteiger partial charge in [0.2, 0.25) is 0 Å². The molecule has 8 heteroatoms. The zero-order valence-corrected chi connectivity index (χ0v) is 19.0. The van der Waals surface area contributed by atoms with Gasteiger partial charge in [0.1, 0.15) is 18.2 Å². The Hall–Kier alpha value is -2.78. The number of benzene rings is 2. The minimum Gasteiger partial charge on any atom is -0.445 e. The minimum atomic E-state index is -1.79. The van der Waals surface area contributed by atoms with Crippen LogP contribution >= 0.6 is 0 Å². The van der Waals surface area contributed by atoms with Gasteiger partial charge in [-0.25, -0.2) is 4.79 Å². The molecule has 2 rings (SSSR count). The van der Waals surface area contributed by atoms with Crippen LogP contribution in [0.3, 0.4) is 0 Å². The van der Waals surface area contributed by atoms with Crippen molar-refractivity contribution >= 4 is 11.9 Å². The van der Waals surface area contributed by atoms with E-state index in [4.69, 9.17) is 4.74 Å². The van der Waals surface area contributed by atoms with Crippen LogP contribution in [0, 0.1) is 5.41 Å². The summed E-state index contributed by atoms with van der Waals surface area (Å²) in [7, 11) is 0. The van der Waals surface area contributed by atoms with Crippen LogP contribution in [0.1, 0.15) is 43.4 Å². The first-order chi connectivity index (χ1) is 15.6. The molecule has 180 valence electrons. The van der Waals surface area contributed by atoms with Gasteiger partial charge in [0.25, 0.3) is 0 Å². The van der Waals surface area contributed by atoms with E-state index < -0.39 is 28.9 Å². The van der Waals surface area contributed by atoms with Gasteiger partial charge in [0.15, 0.2) is 5.78 Å². The third-order valence-corrected chi connectivity index (χ3v) is 5.82. The fraction of sp³-hybridized carbons (Fsp3) is 0.440. The predicted molar refractivity (Wildman–Crippen MR) is 122 cm³/mol. The molecule has 33 heavy (non-hydrogen) atoms. The van der Waals surface area contributed by atoms with Gasteiger partial charge in [-0.05, 0) is 30.0 Å². The number of alkyl carbamates (subject to hydrolysis) is 1. The zero-order valence-electron chi connectivity index (χ0n) is 19.0.